The molecule has 8 heteroatoms. The van der Waals surface area contributed by atoms with Crippen molar-refractivity contribution in [1.82, 2.24) is 5.32 Å². The van der Waals surface area contributed by atoms with Crippen molar-refractivity contribution in [2.45, 2.75) is 13.5 Å². The SMILES string of the molecule is Cc1ccc(CNC(=O)COC(=O)c2cc(Cl)ccc2[N+](=O)[O-])cc1. The van der Waals surface area contributed by atoms with Crippen LogP contribution in [0.2, 0.25) is 5.02 Å². The number of benzene rings is 2. The van der Waals surface area contributed by atoms with E-state index in [1.165, 1.54) is 6.07 Å². The molecule has 0 radical (unpaired) electrons. The topological polar surface area (TPSA) is 98.5 Å². The molecule has 130 valence electrons. The molecular weight excluding hydrogens is 348 g/mol. The third-order valence-electron chi connectivity index (χ3n) is 3.32. The van der Waals surface area contributed by atoms with Crippen LogP contribution in [0.3, 0.4) is 0 Å². The van der Waals surface area contributed by atoms with E-state index in [1.54, 1.807) is 0 Å². The highest BCUT2D eigenvalue weighted by molar-refractivity contribution is 6.31. The van der Waals surface area contributed by atoms with Crippen LogP contribution in [0, 0.1) is 17.0 Å². The van der Waals surface area contributed by atoms with Gasteiger partial charge < -0.3 is 10.1 Å². The largest absolute Gasteiger partial charge is 0.452 e. The molecule has 1 N–H and O–H groups in total. The second-order valence-electron chi connectivity index (χ2n) is 5.26. The van der Waals surface area contributed by atoms with E-state index in [0.717, 1.165) is 23.3 Å². The maximum atomic E-state index is 12.0. The molecule has 1 amide bonds. The van der Waals surface area contributed by atoms with Gasteiger partial charge in [0.15, 0.2) is 6.61 Å². The fourth-order valence-corrected chi connectivity index (χ4v) is 2.17. The van der Waals surface area contributed by atoms with E-state index in [0.29, 0.717) is 0 Å². The van der Waals surface area contributed by atoms with Crippen molar-refractivity contribution < 1.29 is 19.2 Å². The van der Waals surface area contributed by atoms with Crippen molar-refractivity contribution in [3.8, 4) is 0 Å². The lowest BCUT2D eigenvalue weighted by molar-refractivity contribution is -0.385. The average molecular weight is 363 g/mol. The Morgan fingerprint density at radius 2 is 1.88 bits per heavy atom. The van der Waals surface area contributed by atoms with E-state index in [2.05, 4.69) is 5.32 Å². The summed E-state index contributed by atoms with van der Waals surface area (Å²) < 4.78 is 4.83. The number of esters is 1. The molecule has 0 fully saturated rings. The van der Waals surface area contributed by atoms with Gasteiger partial charge in [0.1, 0.15) is 5.56 Å². The summed E-state index contributed by atoms with van der Waals surface area (Å²) in [6.45, 7) is 1.69. The number of carbonyl (C=O) groups excluding carboxylic acids is 2. The van der Waals surface area contributed by atoms with Gasteiger partial charge in [-0.2, -0.15) is 0 Å². The zero-order chi connectivity index (χ0) is 18.4. The number of rotatable bonds is 6. The predicted molar refractivity (Wildman–Crippen MR) is 91.4 cm³/mol. The van der Waals surface area contributed by atoms with Gasteiger partial charge in [0, 0.05) is 17.6 Å². The number of hydrogen-bond acceptors (Lipinski definition) is 5. The summed E-state index contributed by atoms with van der Waals surface area (Å²) in [5.74, 6) is -1.50. The van der Waals surface area contributed by atoms with Crippen molar-refractivity contribution >= 4 is 29.2 Å². The molecule has 0 heterocycles. The number of nitro benzene ring substituents is 1. The first kappa shape index (κ1) is 18.4. The number of hydrogen-bond donors (Lipinski definition) is 1. The Morgan fingerprint density at radius 1 is 1.20 bits per heavy atom. The van der Waals surface area contributed by atoms with Crippen LogP contribution in [-0.4, -0.2) is 23.4 Å². The second-order valence-corrected chi connectivity index (χ2v) is 5.69. The minimum absolute atomic E-state index is 0.154. The number of nitrogens with one attached hydrogen (secondary N) is 1. The molecule has 0 atom stereocenters. The second kappa shape index (κ2) is 8.25. The summed E-state index contributed by atoms with van der Waals surface area (Å²) in [5, 5.41) is 13.7. The van der Waals surface area contributed by atoms with Crippen molar-refractivity contribution in [2.24, 2.45) is 0 Å². The predicted octanol–water partition coefficient (Wildman–Crippen LogP) is 3.03. The molecule has 25 heavy (non-hydrogen) atoms. The van der Waals surface area contributed by atoms with Gasteiger partial charge in [-0.3, -0.25) is 14.9 Å². The number of aryl methyl sites for hydroxylation is 1. The van der Waals surface area contributed by atoms with Gasteiger partial charge in [-0.25, -0.2) is 4.79 Å². The maximum absolute atomic E-state index is 12.0. The van der Waals surface area contributed by atoms with Gasteiger partial charge in [0.25, 0.3) is 11.6 Å². The first-order valence-electron chi connectivity index (χ1n) is 7.30. The molecular formula is C17H15ClN2O5. The number of ether oxygens (including phenoxy) is 1. The molecule has 0 aliphatic heterocycles. The third-order valence-corrected chi connectivity index (χ3v) is 3.55. The fourth-order valence-electron chi connectivity index (χ4n) is 2.00. The summed E-state index contributed by atoms with van der Waals surface area (Å²) in [6.07, 6.45) is 0. The molecule has 7 nitrogen and oxygen atoms in total. The Balaban J connectivity index is 1.91. The Labute approximate surface area is 148 Å². The highest BCUT2D eigenvalue weighted by atomic mass is 35.5. The minimum Gasteiger partial charge on any atom is -0.452 e. The minimum atomic E-state index is -0.986. The summed E-state index contributed by atoms with van der Waals surface area (Å²) >= 11 is 5.75. The molecule has 2 aromatic carbocycles. The van der Waals surface area contributed by atoms with E-state index in [9.17, 15) is 19.7 Å². The summed E-state index contributed by atoms with van der Waals surface area (Å²) in [4.78, 5) is 33.9. The van der Waals surface area contributed by atoms with E-state index < -0.39 is 29.1 Å². The highest BCUT2D eigenvalue weighted by Gasteiger charge is 2.22. The lowest BCUT2D eigenvalue weighted by Crippen LogP contribution is -2.28. The third kappa shape index (κ3) is 5.29. The molecule has 0 saturated carbocycles. The molecule has 0 bridgehead atoms. The van der Waals surface area contributed by atoms with Gasteiger partial charge >= 0.3 is 5.97 Å². The first-order chi connectivity index (χ1) is 11.9. The monoisotopic (exact) mass is 362 g/mol. The van der Waals surface area contributed by atoms with Crippen LogP contribution in [0.25, 0.3) is 0 Å². The normalized spacial score (nSPS) is 10.2. The Kier molecular flexibility index (Phi) is 6.08. The maximum Gasteiger partial charge on any atom is 0.345 e. The van der Waals surface area contributed by atoms with Gasteiger partial charge in [-0.05, 0) is 24.6 Å². The summed E-state index contributed by atoms with van der Waals surface area (Å²) in [6, 6.07) is 11.1. The molecule has 0 aromatic heterocycles. The fraction of sp³-hybridized carbons (Fsp3) is 0.176. The van der Waals surface area contributed by atoms with Gasteiger partial charge in [0.05, 0.1) is 4.92 Å². The Bertz CT molecular complexity index is 805. The van der Waals surface area contributed by atoms with Crippen LogP contribution in [0.15, 0.2) is 42.5 Å². The number of nitrogens with zero attached hydrogens (tertiary/aromatic N) is 1. The van der Waals surface area contributed by atoms with Gasteiger partial charge in [-0.15, -0.1) is 0 Å². The number of carbonyl (C=O) groups is 2. The average Bonchev–Trinajstić information content (AvgIpc) is 2.58. The van der Waals surface area contributed by atoms with Crippen molar-refractivity contribution in [1.29, 1.82) is 0 Å². The number of nitro groups is 1. The van der Waals surface area contributed by atoms with Crippen LogP contribution in [0.4, 0.5) is 5.69 Å². The summed E-state index contributed by atoms with van der Waals surface area (Å²) in [5.41, 5.74) is 1.26. The van der Waals surface area contributed by atoms with E-state index >= 15 is 0 Å². The zero-order valence-corrected chi connectivity index (χ0v) is 14.1. The van der Waals surface area contributed by atoms with Crippen LogP contribution in [0.5, 0.6) is 0 Å². The van der Waals surface area contributed by atoms with Gasteiger partial charge in [0.2, 0.25) is 0 Å². The van der Waals surface area contributed by atoms with Crippen LogP contribution in [0.1, 0.15) is 21.5 Å². The Morgan fingerprint density at radius 3 is 2.52 bits per heavy atom. The van der Waals surface area contributed by atoms with E-state index in [-0.39, 0.29) is 17.1 Å². The summed E-state index contributed by atoms with van der Waals surface area (Å²) in [7, 11) is 0. The highest BCUT2D eigenvalue weighted by Crippen LogP contribution is 2.23. The van der Waals surface area contributed by atoms with E-state index in [1.807, 2.05) is 31.2 Å². The zero-order valence-electron chi connectivity index (χ0n) is 13.3. The quantitative estimate of drug-likeness (QED) is 0.483. The van der Waals surface area contributed by atoms with Crippen molar-refractivity contribution in [2.75, 3.05) is 6.61 Å². The molecule has 2 aromatic rings. The van der Waals surface area contributed by atoms with Crippen LogP contribution in [-0.2, 0) is 16.1 Å². The van der Waals surface area contributed by atoms with Crippen molar-refractivity contribution in [3.05, 3.63) is 74.3 Å². The van der Waals surface area contributed by atoms with E-state index in [4.69, 9.17) is 16.3 Å². The molecule has 0 aliphatic rings. The number of amides is 1. The van der Waals surface area contributed by atoms with Crippen LogP contribution < -0.4 is 5.32 Å². The van der Waals surface area contributed by atoms with Crippen LogP contribution >= 0.6 is 11.6 Å². The Hall–Kier alpha value is -2.93. The first-order valence-corrected chi connectivity index (χ1v) is 7.68. The van der Waals surface area contributed by atoms with Crippen molar-refractivity contribution in [3.63, 3.8) is 0 Å². The van der Waals surface area contributed by atoms with Gasteiger partial charge in [-0.1, -0.05) is 41.4 Å². The molecule has 0 saturated heterocycles. The molecule has 0 unspecified atom stereocenters. The molecule has 0 spiro atoms. The molecule has 0 aliphatic carbocycles. The number of halogens is 1. The molecule has 2 rings (SSSR count). The lowest BCUT2D eigenvalue weighted by atomic mass is 10.1. The lowest BCUT2D eigenvalue weighted by Gasteiger charge is -2.07. The standard InChI is InChI=1S/C17H15ClN2O5/c1-11-2-4-12(5-3-11)9-19-16(21)10-25-17(22)14-8-13(18)6-7-15(14)20(23)24/h2-8H,9-10H2,1H3,(H,19,21). The smallest absolute Gasteiger partial charge is 0.345 e.